The van der Waals surface area contributed by atoms with Gasteiger partial charge in [0.15, 0.2) is 5.67 Å². The third kappa shape index (κ3) is 3.98. The molecule has 2 aromatic rings. The van der Waals surface area contributed by atoms with Crippen LogP contribution in [0.15, 0.2) is 72.5 Å². The predicted molar refractivity (Wildman–Crippen MR) is 97.3 cm³/mol. The van der Waals surface area contributed by atoms with Crippen molar-refractivity contribution in [2.24, 2.45) is 0 Å². The summed E-state index contributed by atoms with van der Waals surface area (Å²) in [5, 5.41) is 0. The van der Waals surface area contributed by atoms with Crippen LogP contribution >= 0.6 is 0 Å². The van der Waals surface area contributed by atoms with Crippen LogP contribution in [-0.4, -0.2) is 6.61 Å². The predicted octanol–water partition coefficient (Wildman–Crippen LogP) is 6.32. The van der Waals surface area contributed by atoms with E-state index in [-0.39, 0.29) is 12.2 Å². The topological polar surface area (TPSA) is 9.23 Å². The summed E-state index contributed by atoms with van der Waals surface area (Å²) in [6, 6.07) is 13.5. The second kappa shape index (κ2) is 7.64. The number of alkyl halides is 1. The molecule has 0 spiro atoms. The van der Waals surface area contributed by atoms with E-state index >= 15 is 4.39 Å². The molecule has 2 aromatic carbocycles. The molecule has 1 aliphatic rings. The van der Waals surface area contributed by atoms with Gasteiger partial charge in [0.2, 0.25) is 0 Å². The van der Waals surface area contributed by atoms with Gasteiger partial charge in [0.05, 0.1) is 6.61 Å². The van der Waals surface area contributed by atoms with E-state index in [1.54, 1.807) is 30.4 Å². The lowest BCUT2D eigenvalue weighted by atomic mass is 9.84. The molecule has 0 aliphatic heterocycles. The van der Waals surface area contributed by atoms with Crippen LogP contribution in [0, 0.1) is 5.82 Å². The average molecular weight is 340 g/mol. The van der Waals surface area contributed by atoms with Gasteiger partial charge in [0.25, 0.3) is 0 Å². The van der Waals surface area contributed by atoms with Gasteiger partial charge in [0, 0.05) is 12.0 Å². The fraction of sp³-hybridized carbons (Fsp3) is 0.273. The minimum atomic E-state index is -1.67. The van der Waals surface area contributed by atoms with Crippen LogP contribution in [0.1, 0.15) is 31.7 Å². The molecule has 0 saturated carbocycles. The highest BCUT2D eigenvalue weighted by Gasteiger charge is 2.33. The quantitative estimate of drug-likeness (QED) is 0.559. The molecular weight excluding hydrogens is 318 g/mol. The van der Waals surface area contributed by atoms with Gasteiger partial charge < -0.3 is 4.74 Å². The number of rotatable bonds is 6. The molecule has 3 heteroatoms. The molecular formula is C22H22F2O. The third-order valence-electron chi connectivity index (χ3n) is 4.35. The molecule has 130 valence electrons. The summed E-state index contributed by atoms with van der Waals surface area (Å²) in [5.41, 5.74) is 0.230. The standard InChI is InChI=1S/C22H22F2O/c1-2-3-14-25-19-10-7-13-22(24,16-19)21-12-5-4-11-20(21)17-8-6-9-18(23)15-17/h4-12,15-16H,2-3,13-14H2,1H3. The van der Waals surface area contributed by atoms with Crippen LogP contribution in [0.2, 0.25) is 0 Å². The number of ether oxygens (including phenoxy) is 1. The Morgan fingerprint density at radius 3 is 2.76 bits per heavy atom. The molecule has 0 saturated heterocycles. The first kappa shape index (κ1) is 17.4. The molecule has 1 nitrogen and oxygen atoms in total. The van der Waals surface area contributed by atoms with Crippen molar-refractivity contribution in [1.29, 1.82) is 0 Å². The van der Waals surface area contributed by atoms with E-state index in [0.29, 0.717) is 29.1 Å². The highest BCUT2D eigenvalue weighted by atomic mass is 19.1. The van der Waals surface area contributed by atoms with Crippen molar-refractivity contribution < 1.29 is 13.5 Å². The SMILES string of the molecule is CCCCOC1=CC(F)(c2ccccc2-c2cccc(F)c2)CC=C1. The minimum absolute atomic E-state index is 0.236. The highest BCUT2D eigenvalue weighted by molar-refractivity contribution is 5.69. The van der Waals surface area contributed by atoms with Gasteiger partial charge in [-0.05, 0) is 41.8 Å². The molecule has 0 fully saturated rings. The maximum atomic E-state index is 15.8. The molecule has 1 atom stereocenters. The van der Waals surface area contributed by atoms with E-state index in [4.69, 9.17) is 4.74 Å². The Bertz CT molecular complexity index is 794. The van der Waals surface area contributed by atoms with Crippen molar-refractivity contribution in [2.45, 2.75) is 31.9 Å². The van der Waals surface area contributed by atoms with Crippen molar-refractivity contribution in [3.8, 4) is 11.1 Å². The Labute approximate surface area is 147 Å². The summed E-state index contributed by atoms with van der Waals surface area (Å²) in [6.45, 7) is 2.66. The zero-order valence-electron chi connectivity index (χ0n) is 14.3. The fourth-order valence-electron chi connectivity index (χ4n) is 3.04. The lowest BCUT2D eigenvalue weighted by Crippen LogP contribution is -2.20. The Kier molecular flexibility index (Phi) is 5.32. The van der Waals surface area contributed by atoms with Gasteiger partial charge in [-0.3, -0.25) is 0 Å². The molecule has 0 heterocycles. The smallest absolute Gasteiger partial charge is 0.162 e. The van der Waals surface area contributed by atoms with Crippen molar-refractivity contribution in [3.05, 3.63) is 83.9 Å². The maximum absolute atomic E-state index is 15.8. The zero-order valence-corrected chi connectivity index (χ0v) is 14.3. The minimum Gasteiger partial charge on any atom is -0.494 e. The lowest BCUT2D eigenvalue weighted by Gasteiger charge is -2.27. The van der Waals surface area contributed by atoms with Gasteiger partial charge in [-0.15, -0.1) is 0 Å². The van der Waals surface area contributed by atoms with Crippen LogP contribution in [0.25, 0.3) is 11.1 Å². The summed E-state index contributed by atoms with van der Waals surface area (Å²) >= 11 is 0. The van der Waals surface area contributed by atoms with E-state index in [2.05, 4.69) is 6.92 Å². The molecule has 0 bridgehead atoms. The van der Waals surface area contributed by atoms with Crippen molar-refractivity contribution in [1.82, 2.24) is 0 Å². The molecule has 1 aliphatic carbocycles. The Morgan fingerprint density at radius 1 is 1.12 bits per heavy atom. The summed E-state index contributed by atoms with van der Waals surface area (Å²) < 4.78 is 35.1. The molecule has 0 amide bonds. The molecule has 0 N–H and O–H groups in total. The van der Waals surface area contributed by atoms with Gasteiger partial charge >= 0.3 is 0 Å². The van der Waals surface area contributed by atoms with Crippen molar-refractivity contribution in [3.63, 3.8) is 0 Å². The Balaban J connectivity index is 1.97. The third-order valence-corrected chi connectivity index (χ3v) is 4.35. The summed E-state index contributed by atoms with van der Waals surface area (Å²) in [5.74, 6) is 0.221. The van der Waals surface area contributed by atoms with Crippen LogP contribution in [0.3, 0.4) is 0 Å². The molecule has 3 rings (SSSR count). The van der Waals surface area contributed by atoms with Crippen LogP contribution in [0.5, 0.6) is 0 Å². The van der Waals surface area contributed by atoms with Crippen molar-refractivity contribution >= 4 is 0 Å². The number of benzene rings is 2. The molecule has 0 aromatic heterocycles. The fourth-order valence-corrected chi connectivity index (χ4v) is 3.04. The number of hydrogen-bond acceptors (Lipinski definition) is 1. The summed E-state index contributed by atoms with van der Waals surface area (Å²) in [7, 11) is 0. The van der Waals surface area contributed by atoms with E-state index in [9.17, 15) is 4.39 Å². The van der Waals surface area contributed by atoms with E-state index in [1.165, 1.54) is 12.1 Å². The second-order valence-electron chi connectivity index (χ2n) is 6.27. The first-order chi connectivity index (χ1) is 12.1. The highest BCUT2D eigenvalue weighted by Crippen LogP contribution is 2.41. The number of hydrogen-bond donors (Lipinski definition) is 0. The zero-order chi connectivity index (χ0) is 17.7. The lowest BCUT2D eigenvalue weighted by molar-refractivity contribution is 0.186. The first-order valence-corrected chi connectivity index (χ1v) is 8.69. The Morgan fingerprint density at radius 2 is 1.96 bits per heavy atom. The van der Waals surface area contributed by atoms with Gasteiger partial charge in [-0.25, -0.2) is 8.78 Å². The Hall–Kier alpha value is -2.42. The molecule has 25 heavy (non-hydrogen) atoms. The van der Waals surface area contributed by atoms with Crippen LogP contribution in [0.4, 0.5) is 8.78 Å². The monoisotopic (exact) mass is 340 g/mol. The number of unbranched alkanes of at least 4 members (excludes halogenated alkanes) is 1. The van der Waals surface area contributed by atoms with E-state index < -0.39 is 5.67 Å². The normalized spacial score (nSPS) is 19.6. The summed E-state index contributed by atoms with van der Waals surface area (Å²) in [4.78, 5) is 0. The largest absolute Gasteiger partial charge is 0.494 e. The van der Waals surface area contributed by atoms with Gasteiger partial charge in [-0.1, -0.05) is 55.8 Å². The van der Waals surface area contributed by atoms with Crippen LogP contribution in [-0.2, 0) is 10.4 Å². The van der Waals surface area contributed by atoms with E-state index in [1.807, 2.05) is 24.3 Å². The maximum Gasteiger partial charge on any atom is 0.162 e. The molecule has 1 unspecified atom stereocenters. The van der Waals surface area contributed by atoms with Crippen molar-refractivity contribution in [2.75, 3.05) is 6.61 Å². The number of halogens is 2. The first-order valence-electron chi connectivity index (χ1n) is 8.69. The number of allylic oxidation sites excluding steroid dienone is 3. The second-order valence-corrected chi connectivity index (χ2v) is 6.27. The molecule has 0 radical (unpaired) electrons. The van der Waals surface area contributed by atoms with Crippen LogP contribution < -0.4 is 0 Å². The van der Waals surface area contributed by atoms with Gasteiger partial charge in [0.1, 0.15) is 11.6 Å². The van der Waals surface area contributed by atoms with Gasteiger partial charge in [-0.2, -0.15) is 0 Å². The van der Waals surface area contributed by atoms with E-state index in [0.717, 1.165) is 12.8 Å². The summed E-state index contributed by atoms with van der Waals surface area (Å²) in [6.07, 6.45) is 7.35. The average Bonchev–Trinajstić information content (AvgIpc) is 2.62.